The fraction of sp³-hybridized carbons (Fsp3) is 0.261. The highest BCUT2D eigenvalue weighted by Gasteiger charge is 2.32. The quantitative estimate of drug-likeness (QED) is 0.575. The number of aromatic carboxylic acids is 1. The van der Waals surface area contributed by atoms with Gasteiger partial charge in [-0.2, -0.15) is 0 Å². The van der Waals surface area contributed by atoms with E-state index in [4.69, 9.17) is 15.6 Å². The number of benzene rings is 2. The SMILES string of the molecule is CO[C@@H]1CCN(c2cc(-c3ccccc3O)nnc2N)C[C@H]1c1ccc(C(=O)O)cc1. The molecule has 2 aromatic carbocycles. The number of para-hydroxylation sites is 1. The number of phenolic OH excluding ortho intramolecular Hbond substituents is 1. The Bertz CT molecular complexity index is 1090. The van der Waals surface area contributed by atoms with Crippen molar-refractivity contribution in [3.05, 3.63) is 65.7 Å². The van der Waals surface area contributed by atoms with Crippen LogP contribution in [0.15, 0.2) is 54.6 Å². The van der Waals surface area contributed by atoms with Gasteiger partial charge < -0.3 is 25.6 Å². The lowest BCUT2D eigenvalue weighted by Crippen LogP contribution is -2.43. The summed E-state index contributed by atoms with van der Waals surface area (Å²) in [5.74, 6) is -0.479. The van der Waals surface area contributed by atoms with Crippen LogP contribution in [0.2, 0.25) is 0 Å². The summed E-state index contributed by atoms with van der Waals surface area (Å²) in [6, 6.07) is 15.7. The maximum Gasteiger partial charge on any atom is 0.335 e. The molecule has 160 valence electrons. The van der Waals surface area contributed by atoms with Crippen LogP contribution in [0.25, 0.3) is 11.3 Å². The van der Waals surface area contributed by atoms with Gasteiger partial charge in [-0.05, 0) is 42.3 Å². The van der Waals surface area contributed by atoms with Gasteiger partial charge in [0.05, 0.1) is 23.0 Å². The monoisotopic (exact) mass is 420 g/mol. The van der Waals surface area contributed by atoms with E-state index in [1.807, 2.05) is 24.3 Å². The molecule has 4 N–H and O–H groups in total. The van der Waals surface area contributed by atoms with Gasteiger partial charge in [-0.25, -0.2) is 4.79 Å². The number of hydrogen-bond acceptors (Lipinski definition) is 7. The molecule has 0 aliphatic carbocycles. The first-order valence-corrected chi connectivity index (χ1v) is 10.0. The molecule has 0 unspecified atom stereocenters. The third-order valence-corrected chi connectivity index (χ3v) is 5.76. The lowest BCUT2D eigenvalue weighted by atomic mass is 9.87. The number of piperidine rings is 1. The van der Waals surface area contributed by atoms with Crippen LogP contribution in [0.1, 0.15) is 28.3 Å². The smallest absolute Gasteiger partial charge is 0.335 e. The number of anilines is 2. The molecular formula is C23H24N4O4. The van der Waals surface area contributed by atoms with E-state index in [-0.39, 0.29) is 23.3 Å². The molecule has 4 rings (SSSR count). The molecule has 0 saturated carbocycles. The lowest BCUT2D eigenvalue weighted by Gasteiger charge is -2.39. The summed E-state index contributed by atoms with van der Waals surface area (Å²) in [5.41, 5.74) is 9.29. The number of carboxylic acids is 1. The van der Waals surface area contributed by atoms with E-state index >= 15 is 0 Å². The van der Waals surface area contributed by atoms with Gasteiger partial charge in [0.15, 0.2) is 5.82 Å². The van der Waals surface area contributed by atoms with Gasteiger partial charge >= 0.3 is 5.97 Å². The van der Waals surface area contributed by atoms with Crippen LogP contribution < -0.4 is 10.6 Å². The second-order valence-corrected chi connectivity index (χ2v) is 7.56. The third-order valence-electron chi connectivity index (χ3n) is 5.76. The van der Waals surface area contributed by atoms with E-state index in [2.05, 4.69) is 15.1 Å². The van der Waals surface area contributed by atoms with Crippen LogP contribution in [0.4, 0.5) is 11.5 Å². The first-order valence-electron chi connectivity index (χ1n) is 10.0. The highest BCUT2D eigenvalue weighted by atomic mass is 16.5. The Morgan fingerprint density at radius 2 is 1.90 bits per heavy atom. The summed E-state index contributed by atoms with van der Waals surface area (Å²) in [7, 11) is 1.69. The molecule has 1 aromatic heterocycles. The molecule has 8 nitrogen and oxygen atoms in total. The highest BCUT2D eigenvalue weighted by molar-refractivity contribution is 5.87. The summed E-state index contributed by atoms with van der Waals surface area (Å²) in [4.78, 5) is 13.3. The van der Waals surface area contributed by atoms with Crippen LogP contribution >= 0.6 is 0 Å². The second-order valence-electron chi connectivity index (χ2n) is 7.56. The Morgan fingerprint density at radius 3 is 2.58 bits per heavy atom. The van der Waals surface area contributed by atoms with Crippen LogP contribution in [0, 0.1) is 0 Å². The zero-order chi connectivity index (χ0) is 22.0. The molecule has 31 heavy (non-hydrogen) atoms. The summed E-state index contributed by atoms with van der Waals surface area (Å²) in [5, 5.41) is 27.6. The van der Waals surface area contributed by atoms with Crippen molar-refractivity contribution >= 4 is 17.5 Å². The summed E-state index contributed by atoms with van der Waals surface area (Å²) in [6.45, 7) is 1.35. The number of nitrogens with two attached hydrogens (primary N) is 1. The van der Waals surface area contributed by atoms with Crippen molar-refractivity contribution < 1.29 is 19.7 Å². The molecule has 0 radical (unpaired) electrons. The van der Waals surface area contributed by atoms with Crippen LogP contribution in [-0.4, -0.2) is 52.7 Å². The lowest BCUT2D eigenvalue weighted by molar-refractivity contribution is 0.0644. The molecule has 2 heterocycles. The summed E-state index contributed by atoms with van der Waals surface area (Å²) in [6.07, 6.45) is 0.774. The fourth-order valence-electron chi connectivity index (χ4n) is 4.09. The molecule has 8 heteroatoms. The zero-order valence-corrected chi connectivity index (χ0v) is 17.1. The number of aromatic hydroxyl groups is 1. The van der Waals surface area contributed by atoms with Crippen molar-refractivity contribution in [3.63, 3.8) is 0 Å². The van der Waals surface area contributed by atoms with Gasteiger partial charge in [-0.3, -0.25) is 0 Å². The van der Waals surface area contributed by atoms with E-state index in [1.165, 1.54) is 0 Å². The van der Waals surface area contributed by atoms with Crippen molar-refractivity contribution in [2.24, 2.45) is 0 Å². The van der Waals surface area contributed by atoms with Crippen LogP contribution in [-0.2, 0) is 4.74 Å². The van der Waals surface area contributed by atoms with E-state index in [1.54, 1.807) is 37.4 Å². The van der Waals surface area contributed by atoms with Crippen LogP contribution in [0.3, 0.4) is 0 Å². The van der Waals surface area contributed by atoms with Gasteiger partial charge in [0.25, 0.3) is 0 Å². The van der Waals surface area contributed by atoms with Gasteiger partial charge in [-0.1, -0.05) is 24.3 Å². The number of rotatable bonds is 5. The van der Waals surface area contributed by atoms with E-state index in [9.17, 15) is 9.90 Å². The van der Waals surface area contributed by atoms with Gasteiger partial charge in [-0.15, -0.1) is 10.2 Å². The summed E-state index contributed by atoms with van der Waals surface area (Å²) < 4.78 is 5.72. The Balaban J connectivity index is 1.65. The Hall–Kier alpha value is -3.65. The van der Waals surface area contributed by atoms with E-state index in [0.29, 0.717) is 23.6 Å². The largest absolute Gasteiger partial charge is 0.507 e. The molecule has 0 amide bonds. The minimum Gasteiger partial charge on any atom is -0.507 e. The van der Waals surface area contributed by atoms with E-state index in [0.717, 1.165) is 24.2 Å². The number of methoxy groups -OCH3 is 1. The van der Waals surface area contributed by atoms with Gasteiger partial charge in [0, 0.05) is 31.7 Å². The predicted octanol–water partition coefficient (Wildman–Crippen LogP) is 3.14. The fourth-order valence-corrected chi connectivity index (χ4v) is 4.09. The number of nitrogen functional groups attached to an aromatic ring is 1. The van der Waals surface area contributed by atoms with Gasteiger partial charge in [0.1, 0.15) is 5.75 Å². The predicted molar refractivity (Wildman–Crippen MR) is 117 cm³/mol. The number of aromatic nitrogens is 2. The van der Waals surface area contributed by atoms with Crippen LogP contribution in [0.5, 0.6) is 5.75 Å². The molecule has 2 atom stereocenters. The summed E-state index contributed by atoms with van der Waals surface area (Å²) >= 11 is 0. The van der Waals surface area contributed by atoms with Crippen molar-refractivity contribution in [2.75, 3.05) is 30.8 Å². The first-order chi connectivity index (χ1) is 15.0. The Kier molecular flexibility index (Phi) is 5.73. The molecule has 0 spiro atoms. The zero-order valence-electron chi connectivity index (χ0n) is 17.1. The maximum absolute atomic E-state index is 11.2. The molecule has 0 bridgehead atoms. The first kappa shape index (κ1) is 20.6. The van der Waals surface area contributed by atoms with Gasteiger partial charge in [0.2, 0.25) is 0 Å². The molecule has 1 aliphatic rings. The van der Waals surface area contributed by atoms with Crippen molar-refractivity contribution in [3.8, 4) is 17.0 Å². The standard InChI is InChI=1S/C23H24N4O4/c1-31-21-10-11-27(13-17(21)14-6-8-15(9-7-14)23(29)30)19-12-18(25-26-22(19)24)16-4-2-3-5-20(16)28/h2-9,12,17,21,28H,10-11,13H2,1H3,(H2,24,26)(H,29,30)/t17-,21+/m0/s1. The number of carbonyl (C=O) groups is 1. The molecule has 3 aromatic rings. The number of ether oxygens (including phenoxy) is 1. The van der Waals surface area contributed by atoms with Crippen molar-refractivity contribution in [1.82, 2.24) is 10.2 Å². The highest BCUT2D eigenvalue weighted by Crippen LogP contribution is 2.36. The third kappa shape index (κ3) is 4.15. The van der Waals surface area contributed by atoms with E-state index < -0.39 is 5.97 Å². The Morgan fingerprint density at radius 1 is 1.16 bits per heavy atom. The molecule has 1 saturated heterocycles. The topological polar surface area (TPSA) is 122 Å². The Labute approximate surface area is 179 Å². The maximum atomic E-state index is 11.2. The average molecular weight is 420 g/mol. The number of phenols is 1. The number of nitrogens with zero attached hydrogens (tertiary/aromatic N) is 3. The van der Waals surface area contributed by atoms with Crippen molar-refractivity contribution in [2.45, 2.75) is 18.4 Å². The second kappa shape index (κ2) is 8.61. The molecule has 1 aliphatic heterocycles. The molecular weight excluding hydrogens is 396 g/mol. The molecule has 1 fully saturated rings. The normalized spacial score (nSPS) is 18.7. The minimum atomic E-state index is -0.951. The average Bonchev–Trinajstić information content (AvgIpc) is 2.79. The minimum absolute atomic E-state index is 0.000544. The number of hydrogen-bond donors (Lipinski definition) is 3. The number of carboxylic acid groups (broad SMARTS) is 1. The van der Waals surface area contributed by atoms with Crippen molar-refractivity contribution in [1.29, 1.82) is 0 Å².